The van der Waals surface area contributed by atoms with E-state index in [0.29, 0.717) is 0 Å². The average Bonchev–Trinajstić information content (AvgIpc) is 0. The molecule has 0 spiro atoms. The summed E-state index contributed by atoms with van der Waals surface area (Å²) in [5.74, 6) is 0. The first-order valence-electron chi connectivity index (χ1n) is 0. The van der Waals surface area contributed by atoms with Crippen LogP contribution in [0.5, 0.6) is 0 Å². The van der Waals surface area contributed by atoms with Crippen LogP contribution in [0.2, 0.25) is 0 Å². The Balaban J connectivity index is 0. The molecule has 0 bridgehead atoms. The summed E-state index contributed by atoms with van der Waals surface area (Å²) in [5.41, 5.74) is 0. The summed E-state index contributed by atoms with van der Waals surface area (Å²) in [7, 11) is 0. The molecule has 101 valence electrons. The molecular weight excluding hydrogens is 637 g/mol. The van der Waals surface area contributed by atoms with E-state index < -0.39 is 0 Å². The molecule has 0 aliphatic rings. The summed E-state index contributed by atoms with van der Waals surface area (Å²) in [5, 5.41) is 0. The molecule has 0 saturated carbocycles. The molecule has 0 aliphatic carbocycles. The fourth-order valence-electron chi connectivity index (χ4n) is 0. The minimum atomic E-state index is 0. The van der Waals surface area contributed by atoms with E-state index in [9.17, 15) is 0 Å². The molecule has 0 N–H and O–H groups in total. The van der Waals surface area contributed by atoms with Gasteiger partial charge < -0.3 is 124 Å². The normalized spacial score (nSPS) is 0. The van der Waals surface area contributed by atoms with Gasteiger partial charge >= 0.3 is 108 Å². The van der Waals surface area contributed by atoms with E-state index in [2.05, 4.69) is 0 Å². The van der Waals surface area contributed by atoms with Crippen LogP contribution in [-0.2, 0) is 70.4 Å². The Morgan fingerprint density at radius 3 is 0.400 bits per heavy atom. The van der Waals surface area contributed by atoms with Crippen molar-refractivity contribution in [3.63, 3.8) is 0 Å². The van der Waals surface area contributed by atoms with Gasteiger partial charge in [0.2, 0.25) is 0 Å². The van der Waals surface area contributed by atoms with E-state index in [1.54, 1.807) is 0 Å². The average molecular weight is 637 g/mol. The molecule has 15 heteroatoms. The molecule has 0 rings (SSSR count). The van der Waals surface area contributed by atoms with Crippen molar-refractivity contribution < 1.29 is 194 Å². The van der Waals surface area contributed by atoms with Gasteiger partial charge in [0.25, 0.3) is 0 Å². The fourth-order valence-corrected chi connectivity index (χ4v) is 0. The fraction of sp³-hybridized carbons (Fsp3) is 0. The predicted octanol–water partition coefficient (Wildman–Crippen LogP) is -30.4. The molecule has 0 unspecified atom stereocenters. The van der Waals surface area contributed by atoms with Crippen LogP contribution in [0.4, 0.5) is 0 Å². The standard InChI is InChI=1S/Ca.10ClH.Co.Cu.Mn.Zn/h;10*1H;;;;/q+2;;;;;;;;;;;4*+2/p-10. The van der Waals surface area contributed by atoms with Gasteiger partial charge in [-0.15, -0.1) is 0 Å². The van der Waals surface area contributed by atoms with Gasteiger partial charge in [-0.25, -0.2) is 0 Å². The second-order valence-electron chi connectivity index (χ2n) is 0. The van der Waals surface area contributed by atoms with Crippen molar-refractivity contribution >= 4 is 37.7 Å². The Bertz CT molecular complexity index is 25.4. The molecule has 0 aromatic rings. The summed E-state index contributed by atoms with van der Waals surface area (Å²) in [6.45, 7) is 0. The SMILES string of the molecule is [Ca+2].[Cl-].[Cl-].[Cl-].[Cl-].[Cl-].[Cl-].[Cl-].[Cl-].[Cl-].[Cl-].[Co+2].[Cu+2].[Mn+2].[Zn+2]. The van der Waals surface area contributed by atoms with E-state index in [1.165, 1.54) is 0 Å². The van der Waals surface area contributed by atoms with Crippen molar-refractivity contribution in [2.75, 3.05) is 0 Å². The van der Waals surface area contributed by atoms with Gasteiger partial charge in [-0.05, 0) is 0 Å². The van der Waals surface area contributed by atoms with E-state index in [0.717, 1.165) is 0 Å². The zero-order valence-corrected chi connectivity index (χ0v) is 22.1. The van der Waals surface area contributed by atoms with Gasteiger partial charge in [0.15, 0.2) is 0 Å². The summed E-state index contributed by atoms with van der Waals surface area (Å²) in [4.78, 5) is 0. The van der Waals surface area contributed by atoms with Crippen LogP contribution in [0.25, 0.3) is 0 Å². The van der Waals surface area contributed by atoms with E-state index in [-0.39, 0.29) is 232 Å². The zero-order chi connectivity index (χ0) is 0. The third-order valence-electron chi connectivity index (χ3n) is 0. The zero-order valence-electron chi connectivity index (χ0n) is 6.21. The number of halogens is 10. The molecule has 0 fully saturated rings. The molecule has 0 nitrogen and oxygen atoms in total. The van der Waals surface area contributed by atoms with Gasteiger partial charge in [-0.1, -0.05) is 0 Å². The van der Waals surface area contributed by atoms with Crippen molar-refractivity contribution in [1.82, 2.24) is 0 Å². The Morgan fingerprint density at radius 2 is 0.400 bits per heavy atom. The van der Waals surface area contributed by atoms with Crippen molar-refractivity contribution in [1.29, 1.82) is 0 Å². The van der Waals surface area contributed by atoms with Crippen molar-refractivity contribution in [2.24, 2.45) is 0 Å². The van der Waals surface area contributed by atoms with Crippen molar-refractivity contribution in [3.8, 4) is 0 Å². The summed E-state index contributed by atoms with van der Waals surface area (Å²) < 4.78 is 0. The van der Waals surface area contributed by atoms with Crippen LogP contribution in [-0.4, -0.2) is 37.7 Å². The van der Waals surface area contributed by atoms with Gasteiger partial charge in [-0.3, -0.25) is 0 Å². The molecule has 0 heterocycles. The second-order valence-corrected chi connectivity index (χ2v) is 0. The third-order valence-corrected chi connectivity index (χ3v) is 0. The third kappa shape index (κ3) is 171. The molecule has 0 aromatic heterocycles. The number of hydrogen-bond donors (Lipinski definition) is 0. The molecule has 0 aliphatic heterocycles. The molecule has 0 atom stereocenters. The van der Waals surface area contributed by atoms with E-state index in [1.807, 2.05) is 0 Å². The topological polar surface area (TPSA) is 0 Å². The first kappa shape index (κ1) is 220. The molecule has 15 heavy (non-hydrogen) atoms. The maximum absolute atomic E-state index is 0. The largest absolute Gasteiger partial charge is 2.00 e. The van der Waals surface area contributed by atoms with Crippen LogP contribution in [0.1, 0.15) is 0 Å². The van der Waals surface area contributed by atoms with Crippen LogP contribution >= 0.6 is 0 Å². The van der Waals surface area contributed by atoms with E-state index in [4.69, 9.17) is 0 Å². The molecule has 0 amide bonds. The maximum atomic E-state index is 0. The molecular formula is CaCl10CoCuMnZn. The Kier molecular flexibility index (Phi) is 2780. The van der Waals surface area contributed by atoms with Crippen LogP contribution in [0.15, 0.2) is 0 Å². The van der Waals surface area contributed by atoms with Gasteiger partial charge in [0.1, 0.15) is 0 Å². The molecule has 3 radical (unpaired) electrons. The minimum Gasteiger partial charge on any atom is -1.00 e. The second kappa shape index (κ2) is 190. The maximum Gasteiger partial charge on any atom is 2.00 e. The molecule has 0 saturated heterocycles. The van der Waals surface area contributed by atoms with Crippen LogP contribution in [0, 0.1) is 0 Å². The van der Waals surface area contributed by atoms with Crippen LogP contribution in [0.3, 0.4) is 0 Å². The summed E-state index contributed by atoms with van der Waals surface area (Å²) in [6.07, 6.45) is 0. The number of hydrogen-bond acceptors (Lipinski definition) is 0. The predicted molar refractivity (Wildman–Crippen MR) is 5.75 cm³/mol. The smallest absolute Gasteiger partial charge is 1.00 e. The van der Waals surface area contributed by atoms with E-state index >= 15 is 0 Å². The number of rotatable bonds is 0. The quantitative estimate of drug-likeness (QED) is 0.232. The van der Waals surface area contributed by atoms with Crippen molar-refractivity contribution in [3.05, 3.63) is 0 Å². The first-order valence-corrected chi connectivity index (χ1v) is 0. The molecule has 0 aromatic carbocycles. The summed E-state index contributed by atoms with van der Waals surface area (Å²) >= 11 is 0. The van der Waals surface area contributed by atoms with Gasteiger partial charge in [0, 0.05) is 0 Å². The monoisotopic (exact) mass is 630 g/mol. The Labute approximate surface area is 227 Å². The van der Waals surface area contributed by atoms with Gasteiger partial charge in [0.05, 0.1) is 0 Å². The first-order chi connectivity index (χ1) is 0. The summed E-state index contributed by atoms with van der Waals surface area (Å²) in [6, 6.07) is 0. The minimum absolute atomic E-state index is 0. The van der Waals surface area contributed by atoms with Crippen molar-refractivity contribution in [2.45, 2.75) is 0 Å². The van der Waals surface area contributed by atoms with Gasteiger partial charge in [-0.2, -0.15) is 0 Å². The Hall–Kier alpha value is 6.33. The Morgan fingerprint density at radius 1 is 0.400 bits per heavy atom. The van der Waals surface area contributed by atoms with Crippen LogP contribution < -0.4 is 124 Å².